The first-order valence-corrected chi connectivity index (χ1v) is 4.70. The van der Waals surface area contributed by atoms with E-state index in [2.05, 4.69) is 10.2 Å². The van der Waals surface area contributed by atoms with Crippen LogP contribution in [0.2, 0.25) is 0 Å². The van der Waals surface area contributed by atoms with Crippen LogP contribution in [0.3, 0.4) is 0 Å². The molecular weight excluding hydrogens is 196 g/mol. The smallest absolute Gasteiger partial charge is 0.356 e. The molecule has 0 saturated heterocycles. The van der Waals surface area contributed by atoms with Crippen molar-refractivity contribution in [3.05, 3.63) is 17.8 Å². The molecule has 15 heavy (non-hydrogen) atoms. The van der Waals surface area contributed by atoms with Gasteiger partial charge in [0.2, 0.25) is 5.88 Å². The van der Waals surface area contributed by atoms with Gasteiger partial charge >= 0.3 is 5.97 Å². The van der Waals surface area contributed by atoms with Crippen molar-refractivity contribution in [2.75, 3.05) is 0 Å². The molecule has 0 unspecified atom stereocenters. The van der Waals surface area contributed by atoms with Gasteiger partial charge in [-0.3, -0.25) is 0 Å². The molecule has 1 rings (SSSR count). The van der Waals surface area contributed by atoms with Crippen molar-refractivity contribution in [1.82, 2.24) is 10.2 Å². The van der Waals surface area contributed by atoms with E-state index >= 15 is 0 Å². The number of hydrogen-bond donors (Lipinski definition) is 1. The van der Waals surface area contributed by atoms with E-state index in [0.717, 1.165) is 6.42 Å². The highest BCUT2D eigenvalue weighted by Gasteiger charge is 2.18. The lowest BCUT2D eigenvalue weighted by Crippen LogP contribution is -2.27. The largest absolute Gasteiger partial charge is 0.476 e. The van der Waals surface area contributed by atoms with Gasteiger partial charge in [-0.05, 0) is 26.3 Å². The molecule has 1 N–H and O–H groups in total. The fraction of sp³-hybridized carbons (Fsp3) is 0.500. The van der Waals surface area contributed by atoms with Crippen molar-refractivity contribution in [2.24, 2.45) is 0 Å². The van der Waals surface area contributed by atoms with Gasteiger partial charge in [0.1, 0.15) is 5.60 Å². The first kappa shape index (κ1) is 11.4. The van der Waals surface area contributed by atoms with Gasteiger partial charge in [-0.2, -0.15) is 0 Å². The van der Waals surface area contributed by atoms with Crippen LogP contribution in [0.4, 0.5) is 0 Å². The molecule has 1 heterocycles. The van der Waals surface area contributed by atoms with Crippen LogP contribution in [-0.2, 0) is 0 Å². The molecule has 0 amide bonds. The minimum absolute atomic E-state index is 0.0864. The summed E-state index contributed by atoms with van der Waals surface area (Å²) in [6.45, 7) is 5.86. The second kappa shape index (κ2) is 4.25. The highest BCUT2D eigenvalue weighted by Crippen LogP contribution is 2.17. The highest BCUT2D eigenvalue weighted by atomic mass is 16.5. The maximum atomic E-state index is 10.5. The average molecular weight is 210 g/mol. The predicted octanol–water partition coefficient (Wildman–Crippen LogP) is 1.74. The van der Waals surface area contributed by atoms with E-state index in [4.69, 9.17) is 9.84 Å². The standard InChI is InChI=1S/C10H14N2O3/c1-4-10(2,3)15-8-6-5-7(9(13)14)11-12-8/h5-6H,4H2,1-3H3,(H,13,14). The predicted molar refractivity (Wildman–Crippen MR) is 54.0 cm³/mol. The summed E-state index contributed by atoms with van der Waals surface area (Å²) in [7, 11) is 0. The third-order valence-corrected chi connectivity index (χ3v) is 2.09. The van der Waals surface area contributed by atoms with E-state index in [-0.39, 0.29) is 11.3 Å². The van der Waals surface area contributed by atoms with Gasteiger partial charge < -0.3 is 9.84 Å². The molecule has 1 aromatic rings. The van der Waals surface area contributed by atoms with Gasteiger partial charge in [0.15, 0.2) is 5.69 Å². The molecule has 0 aromatic carbocycles. The average Bonchev–Trinajstić information content (AvgIpc) is 2.18. The zero-order valence-electron chi connectivity index (χ0n) is 9.02. The molecule has 0 aliphatic carbocycles. The molecule has 5 heteroatoms. The van der Waals surface area contributed by atoms with E-state index in [1.807, 2.05) is 20.8 Å². The zero-order chi connectivity index (χ0) is 11.5. The zero-order valence-corrected chi connectivity index (χ0v) is 9.02. The molecule has 1 aromatic heterocycles. The van der Waals surface area contributed by atoms with Crippen LogP contribution in [0.25, 0.3) is 0 Å². The number of aromatic carboxylic acids is 1. The molecule has 0 atom stereocenters. The van der Waals surface area contributed by atoms with Crippen LogP contribution in [0, 0.1) is 0 Å². The number of nitrogens with zero attached hydrogens (tertiary/aromatic N) is 2. The Morgan fingerprint density at radius 1 is 1.47 bits per heavy atom. The maximum absolute atomic E-state index is 10.5. The van der Waals surface area contributed by atoms with Crippen molar-refractivity contribution < 1.29 is 14.6 Å². The number of carboxylic acid groups (broad SMARTS) is 1. The molecular formula is C10H14N2O3. The fourth-order valence-electron chi connectivity index (χ4n) is 0.844. The van der Waals surface area contributed by atoms with Gasteiger partial charge in [-0.15, -0.1) is 10.2 Å². The summed E-state index contributed by atoms with van der Waals surface area (Å²) in [5.41, 5.74) is -0.406. The Kier molecular flexibility index (Phi) is 3.24. The quantitative estimate of drug-likeness (QED) is 0.819. The lowest BCUT2D eigenvalue weighted by Gasteiger charge is -2.23. The molecule has 0 radical (unpaired) electrons. The third kappa shape index (κ3) is 3.19. The summed E-state index contributed by atoms with van der Waals surface area (Å²) in [5.74, 6) is -0.754. The summed E-state index contributed by atoms with van der Waals surface area (Å²) in [6.07, 6.45) is 0.829. The van der Waals surface area contributed by atoms with E-state index in [0.29, 0.717) is 5.88 Å². The Balaban J connectivity index is 2.77. The normalized spacial score (nSPS) is 11.1. The Hall–Kier alpha value is -1.65. The lowest BCUT2D eigenvalue weighted by atomic mass is 10.1. The number of rotatable bonds is 4. The minimum Gasteiger partial charge on any atom is -0.476 e. The second-order valence-corrected chi connectivity index (χ2v) is 3.78. The van der Waals surface area contributed by atoms with E-state index in [9.17, 15) is 4.79 Å². The summed E-state index contributed by atoms with van der Waals surface area (Å²) >= 11 is 0. The Morgan fingerprint density at radius 2 is 2.13 bits per heavy atom. The summed E-state index contributed by atoms with van der Waals surface area (Å²) < 4.78 is 5.52. The van der Waals surface area contributed by atoms with Crippen molar-refractivity contribution >= 4 is 5.97 Å². The first-order valence-electron chi connectivity index (χ1n) is 4.70. The molecule has 5 nitrogen and oxygen atoms in total. The molecule has 0 aliphatic heterocycles. The monoisotopic (exact) mass is 210 g/mol. The SMILES string of the molecule is CCC(C)(C)Oc1ccc(C(=O)O)nn1. The second-order valence-electron chi connectivity index (χ2n) is 3.78. The van der Waals surface area contributed by atoms with Crippen LogP contribution >= 0.6 is 0 Å². The van der Waals surface area contributed by atoms with Gasteiger partial charge in [0.25, 0.3) is 0 Å². The maximum Gasteiger partial charge on any atom is 0.356 e. The van der Waals surface area contributed by atoms with Crippen molar-refractivity contribution in [2.45, 2.75) is 32.8 Å². The summed E-state index contributed by atoms with van der Waals surface area (Å²) in [5, 5.41) is 15.8. The number of hydrogen-bond acceptors (Lipinski definition) is 4. The van der Waals surface area contributed by atoms with Crippen LogP contribution < -0.4 is 4.74 Å². The van der Waals surface area contributed by atoms with E-state index in [1.165, 1.54) is 12.1 Å². The van der Waals surface area contributed by atoms with Gasteiger partial charge in [0, 0.05) is 6.07 Å². The van der Waals surface area contributed by atoms with Crippen molar-refractivity contribution in [3.8, 4) is 5.88 Å². The van der Waals surface area contributed by atoms with Crippen LogP contribution in [0.5, 0.6) is 5.88 Å². The van der Waals surface area contributed by atoms with Crippen LogP contribution in [0.15, 0.2) is 12.1 Å². The summed E-state index contributed by atoms with van der Waals surface area (Å²) in [4.78, 5) is 10.5. The topological polar surface area (TPSA) is 72.3 Å². The molecule has 0 fully saturated rings. The Bertz CT molecular complexity index is 346. The number of aromatic nitrogens is 2. The molecule has 0 spiro atoms. The number of ether oxygens (including phenoxy) is 1. The third-order valence-electron chi connectivity index (χ3n) is 2.09. The van der Waals surface area contributed by atoms with Gasteiger partial charge in [0.05, 0.1) is 0 Å². The summed E-state index contributed by atoms with van der Waals surface area (Å²) in [6, 6.07) is 2.88. The molecule has 82 valence electrons. The van der Waals surface area contributed by atoms with Gasteiger partial charge in [-0.25, -0.2) is 4.79 Å². The van der Waals surface area contributed by atoms with Crippen LogP contribution in [-0.4, -0.2) is 26.9 Å². The van der Waals surface area contributed by atoms with E-state index in [1.54, 1.807) is 0 Å². The van der Waals surface area contributed by atoms with E-state index < -0.39 is 5.97 Å². The first-order chi connectivity index (χ1) is 6.94. The van der Waals surface area contributed by atoms with Crippen molar-refractivity contribution in [1.29, 1.82) is 0 Å². The van der Waals surface area contributed by atoms with Gasteiger partial charge in [-0.1, -0.05) is 6.92 Å². The molecule has 0 aliphatic rings. The Labute approximate surface area is 88.1 Å². The highest BCUT2D eigenvalue weighted by molar-refractivity contribution is 5.84. The van der Waals surface area contributed by atoms with Crippen molar-refractivity contribution in [3.63, 3.8) is 0 Å². The molecule has 0 bridgehead atoms. The lowest BCUT2D eigenvalue weighted by molar-refractivity contribution is 0.0687. The molecule has 0 saturated carbocycles. The fourth-order valence-corrected chi connectivity index (χ4v) is 0.844. The minimum atomic E-state index is -1.09. The number of carbonyl (C=O) groups is 1. The Morgan fingerprint density at radius 3 is 2.53 bits per heavy atom. The number of carboxylic acids is 1. The van der Waals surface area contributed by atoms with Crippen LogP contribution in [0.1, 0.15) is 37.7 Å².